The molecule has 0 spiro atoms. The van der Waals surface area contributed by atoms with Crippen LogP contribution in [0, 0.1) is 11.3 Å². The smallest absolute Gasteiger partial charge is 0.0992 e. The van der Waals surface area contributed by atoms with E-state index in [-0.39, 0.29) is 0 Å². The first-order valence-electron chi connectivity index (χ1n) is 17.9. The molecule has 256 valence electrons. The van der Waals surface area contributed by atoms with Crippen molar-refractivity contribution in [2.24, 2.45) is 0 Å². The Labute approximate surface area is 319 Å². The second-order valence-corrected chi connectivity index (χ2v) is 14.1. The van der Waals surface area contributed by atoms with Gasteiger partial charge in [-0.2, -0.15) is 5.26 Å². The Hall–Kier alpha value is -7.13. The summed E-state index contributed by atoms with van der Waals surface area (Å²) in [6.07, 6.45) is 0. The largest absolute Gasteiger partial charge is 0.310 e. The number of hydrogen-bond donors (Lipinski definition) is 0. The third-order valence-electron chi connectivity index (χ3n) is 9.58. The van der Waals surface area contributed by atoms with Crippen LogP contribution in [0.3, 0.4) is 0 Å². The van der Waals surface area contributed by atoms with Gasteiger partial charge in [0.05, 0.1) is 17.3 Å². The molecule has 0 atom stereocenters. The number of thiophene rings is 1. The van der Waals surface area contributed by atoms with Crippen LogP contribution in [0.4, 0.5) is 51.2 Å². The maximum Gasteiger partial charge on any atom is 0.0992 e. The van der Waals surface area contributed by atoms with Crippen LogP contribution in [-0.2, 0) is 0 Å². The fraction of sp³-hybridized carbons (Fsp3) is 0. The van der Waals surface area contributed by atoms with E-state index in [9.17, 15) is 5.26 Å². The highest BCUT2D eigenvalue weighted by molar-refractivity contribution is 7.26. The summed E-state index contributed by atoms with van der Waals surface area (Å²) in [7, 11) is 0. The van der Waals surface area contributed by atoms with Gasteiger partial charge in [-0.3, -0.25) is 0 Å². The standard InChI is InChI=1S/C49H34N4S/c50-35-36-17-16-28-42(31-36)52(39-22-10-3-11-23-39)43-29-30-47-45(32-43)49-46(53(40-24-12-4-13-25-40)41-26-14-5-15-27-41)33-44(34-48(49)54-47)51(37-18-6-1-7-19-37)38-20-8-2-9-21-38/h1-34H. The maximum atomic E-state index is 9.82. The van der Waals surface area contributed by atoms with Crippen LogP contribution < -0.4 is 14.7 Å². The molecule has 9 aromatic rings. The van der Waals surface area contributed by atoms with E-state index in [0.29, 0.717) is 5.56 Å². The fourth-order valence-corrected chi connectivity index (χ4v) is 8.36. The SMILES string of the molecule is N#Cc1cccc(N(c2ccccc2)c2ccc3sc4cc(N(c5ccccc5)c5ccccc5)cc(N(c5ccccc5)c5ccccc5)c4c3c2)c1. The molecule has 0 aliphatic carbocycles. The van der Waals surface area contributed by atoms with Gasteiger partial charge in [0.15, 0.2) is 0 Å². The first kappa shape index (κ1) is 32.8. The van der Waals surface area contributed by atoms with Crippen molar-refractivity contribution in [1.82, 2.24) is 0 Å². The second-order valence-electron chi connectivity index (χ2n) is 13.0. The van der Waals surface area contributed by atoms with Crippen molar-refractivity contribution in [3.05, 3.63) is 212 Å². The minimum Gasteiger partial charge on any atom is -0.310 e. The topological polar surface area (TPSA) is 33.5 Å². The lowest BCUT2D eigenvalue weighted by atomic mass is 10.0. The molecule has 5 heteroatoms. The molecule has 0 amide bonds. The number of anilines is 9. The average molecular weight is 711 g/mol. The Morgan fingerprint density at radius 2 is 0.796 bits per heavy atom. The van der Waals surface area contributed by atoms with Crippen molar-refractivity contribution < 1.29 is 0 Å². The van der Waals surface area contributed by atoms with Crippen LogP contribution in [-0.4, -0.2) is 0 Å². The molecule has 0 aliphatic heterocycles. The first-order chi connectivity index (χ1) is 26.7. The highest BCUT2D eigenvalue weighted by atomic mass is 32.1. The van der Waals surface area contributed by atoms with Crippen molar-refractivity contribution in [1.29, 1.82) is 5.26 Å². The van der Waals surface area contributed by atoms with E-state index in [4.69, 9.17) is 0 Å². The van der Waals surface area contributed by atoms with E-state index in [2.05, 4.69) is 203 Å². The zero-order valence-corrected chi connectivity index (χ0v) is 30.1. The Bertz CT molecular complexity index is 2650. The molecule has 0 saturated heterocycles. The molecule has 0 N–H and O–H groups in total. The highest BCUT2D eigenvalue weighted by Gasteiger charge is 2.24. The average Bonchev–Trinajstić information content (AvgIpc) is 3.61. The second kappa shape index (κ2) is 14.5. The molecular weight excluding hydrogens is 677 g/mol. The molecule has 4 nitrogen and oxygen atoms in total. The Morgan fingerprint density at radius 3 is 1.30 bits per heavy atom. The van der Waals surface area contributed by atoms with Crippen LogP contribution in [0.2, 0.25) is 0 Å². The third-order valence-corrected chi connectivity index (χ3v) is 10.7. The number of fused-ring (bicyclic) bond motifs is 3. The quantitative estimate of drug-likeness (QED) is 0.149. The molecular formula is C49H34N4S. The molecule has 0 fully saturated rings. The summed E-state index contributed by atoms with van der Waals surface area (Å²) in [5, 5.41) is 12.2. The fourth-order valence-electron chi connectivity index (χ4n) is 7.22. The van der Waals surface area contributed by atoms with E-state index in [1.165, 1.54) is 14.8 Å². The predicted molar refractivity (Wildman–Crippen MR) is 228 cm³/mol. The van der Waals surface area contributed by atoms with Gasteiger partial charge in [0.2, 0.25) is 0 Å². The van der Waals surface area contributed by atoms with Gasteiger partial charge in [-0.05, 0) is 109 Å². The minimum atomic E-state index is 0.619. The number of nitriles is 1. The zero-order chi connectivity index (χ0) is 36.3. The van der Waals surface area contributed by atoms with Gasteiger partial charge in [0, 0.05) is 65.7 Å². The van der Waals surface area contributed by atoms with Gasteiger partial charge in [0.25, 0.3) is 0 Å². The van der Waals surface area contributed by atoms with E-state index >= 15 is 0 Å². The predicted octanol–water partition coefficient (Wildman–Crippen LogP) is 14.3. The van der Waals surface area contributed by atoms with Crippen molar-refractivity contribution >= 4 is 82.7 Å². The lowest BCUT2D eigenvalue weighted by Gasteiger charge is -2.30. The number of para-hydroxylation sites is 5. The third kappa shape index (κ3) is 6.22. The van der Waals surface area contributed by atoms with Gasteiger partial charge in [-0.25, -0.2) is 0 Å². The van der Waals surface area contributed by atoms with E-state index in [0.717, 1.165) is 56.6 Å². The summed E-state index contributed by atoms with van der Waals surface area (Å²) in [6, 6.07) is 74.3. The summed E-state index contributed by atoms with van der Waals surface area (Å²) >= 11 is 1.81. The van der Waals surface area contributed by atoms with E-state index in [1.807, 2.05) is 35.6 Å². The summed E-state index contributed by atoms with van der Waals surface area (Å²) in [6.45, 7) is 0. The van der Waals surface area contributed by atoms with Crippen LogP contribution >= 0.6 is 11.3 Å². The highest BCUT2D eigenvalue weighted by Crippen LogP contribution is 2.50. The Kier molecular flexibility index (Phi) is 8.78. The molecule has 54 heavy (non-hydrogen) atoms. The Morgan fingerprint density at radius 1 is 0.352 bits per heavy atom. The van der Waals surface area contributed by atoms with Gasteiger partial charge in [0.1, 0.15) is 0 Å². The van der Waals surface area contributed by atoms with E-state index in [1.54, 1.807) is 0 Å². The number of benzene rings is 8. The number of nitrogens with zero attached hydrogens (tertiary/aromatic N) is 4. The van der Waals surface area contributed by atoms with Gasteiger partial charge in [-0.15, -0.1) is 11.3 Å². The zero-order valence-electron chi connectivity index (χ0n) is 29.3. The van der Waals surface area contributed by atoms with Crippen molar-refractivity contribution in [2.45, 2.75) is 0 Å². The van der Waals surface area contributed by atoms with Crippen LogP contribution in [0.1, 0.15) is 5.56 Å². The molecule has 0 unspecified atom stereocenters. The molecule has 0 bridgehead atoms. The summed E-state index contributed by atoms with van der Waals surface area (Å²) in [5.74, 6) is 0. The molecule has 1 aromatic heterocycles. The lowest BCUT2D eigenvalue weighted by Crippen LogP contribution is -2.13. The Balaban J connectivity index is 1.35. The van der Waals surface area contributed by atoms with Crippen LogP contribution in [0.5, 0.6) is 0 Å². The van der Waals surface area contributed by atoms with Crippen molar-refractivity contribution in [3.63, 3.8) is 0 Å². The molecule has 8 aromatic carbocycles. The molecule has 0 aliphatic rings. The van der Waals surface area contributed by atoms with E-state index < -0.39 is 0 Å². The van der Waals surface area contributed by atoms with Gasteiger partial charge >= 0.3 is 0 Å². The summed E-state index contributed by atoms with van der Waals surface area (Å²) < 4.78 is 2.37. The van der Waals surface area contributed by atoms with Gasteiger partial charge < -0.3 is 14.7 Å². The first-order valence-corrected chi connectivity index (χ1v) is 18.7. The number of rotatable bonds is 9. The normalized spacial score (nSPS) is 10.9. The monoisotopic (exact) mass is 710 g/mol. The van der Waals surface area contributed by atoms with Gasteiger partial charge in [-0.1, -0.05) is 97.1 Å². The molecule has 1 heterocycles. The molecule has 9 rings (SSSR count). The van der Waals surface area contributed by atoms with Crippen molar-refractivity contribution in [3.8, 4) is 6.07 Å². The summed E-state index contributed by atoms with van der Waals surface area (Å²) in [4.78, 5) is 6.95. The summed E-state index contributed by atoms with van der Waals surface area (Å²) in [5.41, 5.74) is 10.0. The number of hydrogen-bond acceptors (Lipinski definition) is 5. The molecule has 0 radical (unpaired) electrons. The minimum absolute atomic E-state index is 0.619. The van der Waals surface area contributed by atoms with Crippen LogP contribution in [0.15, 0.2) is 206 Å². The molecule has 0 saturated carbocycles. The van der Waals surface area contributed by atoms with Crippen molar-refractivity contribution in [2.75, 3.05) is 14.7 Å². The lowest BCUT2D eigenvalue weighted by molar-refractivity contribution is 1.26. The van der Waals surface area contributed by atoms with Crippen LogP contribution in [0.25, 0.3) is 20.2 Å². The maximum absolute atomic E-state index is 9.82.